The van der Waals surface area contributed by atoms with Gasteiger partial charge in [-0.15, -0.1) is 11.8 Å². The van der Waals surface area contributed by atoms with Gasteiger partial charge in [-0.25, -0.2) is 4.39 Å². The molecular weight excluding hydrogens is 435 g/mol. The van der Waals surface area contributed by atoms with Gasteiger partial charge in [-0.1, -0.05) is 11.2 Å². The maximum absolute atomic E-state index is 13.9. The zero-order valence-corrected chi connectivity index (χ0v) is 19.3. The molecule has 1 saturated heterocycles. The molecule has 0 radical (unpaired) electrons. The van der Waals surface area contributed by atoms with Crippen LogP contribution in [0.25, 0.3) is 0 Å². The third-order valence-electron chi connectivity index (χ3n) is 5.29. The van der Waals surface area contributed by atoms with E-state index in [1.54, 1.807) is 26.0 Å². The number of halogens is 1. The lowest BCUT2D eigenvalue weighted by molar-refractivity contribution is -0.119. The molecule has 1 atom stereocenters. The molecule has 1 aliphatic rings. The second-order valence-electron chi connectivity index (χ2n) is 7.85. The largest absolute Gasteiger partial charge is 0.494 e. The van der Waals surface area contributed by atoms with Crippen LogP contribution in [0.15, 0.2) is 28.8 Å². The van der Waals surface area contributed by atoms with Gasteiger partial charge in [-0.3, -0.25) is 14.5 Å². The van der Waals surface area contributed by atoms with E-state index in [4.69, 9.17) is 9.26 Å². The van der Waals surface area contributed by atoms with Gasteiger partial charge in [0.15, 0.2) is 17.4 Å². The van der Waals surface area contributed by atoms with Crippen molar-refractivity contribution in [2.45, 2.75) is 44.5 Å². The number of carbonyl (C=O) groups excluding carboxylic acids is 2. The summed E-state index contributed by atoms with van der Waals surface area (Å²) in [6.45, 7) is 5.80. The van der Waals surface area contributed by atoms with E-state index in [1.165, 1.54) is 24.9 Å². The zero-order chi connectivity index (χ0) is 23.1. The molecule has 174 valence electrons. The number of hydrogen-bond acceptors (Lipinski definition) is 7. The van der Waals surface area contributed by atoms with E-state index in [0.29, 0.717) is 18.1 Å². The van der Waals surface area contributed by atoms with Gasteiger partial charge in [0.2, 0.25) is 11.8 Å². The number of nitrogens with one attached hydrogen (secondary N) is 2. The Balaban J connectivity index is 1.35. The normalized spacial score (nSPS) is 15.9. The Bertz CT molecular complexity index is 930. The summed E-state index contributed by atoms with van der Waals surface area (Å²) in [4.78, 5) is 26.7. The topological polar surface area (TPSA) is 96.7 Å². The maximum Gasteiger partial charge on any atom is 0.238 e. The second kappa shape index (κ2) is 11.3. The Morgan fingerprint density at radius 1 is 1.34 bits per heavy atom. The molecule has 1 unspecified atom stereocenters. The molecule has 1 aromatic heterocycles. The number of carbonyl (C=O) groups is 2. The quantitative estimate of drug-likeness (QED) is 0.589. The minimum absolute atomic E-state index is 0.0809. The Morgan fingerprint density at radius 3 is 2.72 bits per heavy atom. The highest BCUT2D eigenvalue weighted by molar-refractivity contribution is 8.01. The minimum atomic E-state index is -0.399. The van der Waals surface area contributed by atoms with Crippen LogP contribution in [0.1, 0.15) is 31.1 Å². The van der Waals surface area contributed by atoms with E-state index in [-0.39, 0.29) is 35.2 Å². The first kappa shape index (κ1) is 24.1. The summed E-state index contributed by atoms with van der Waals surface area (Å²) in [5.41, 5.74) is 0.898. The molecule has 1 aromatic carbocycles. The maximum atomic E-state index is 13.9. The first-order valence-corrected chi connectivity index (χ1v) is 11.6. The van der Waals surface area contributed by atoms with Crippen LogP contribution < -0.4 is 15.4 Å². The highest BCUT2D eigenvalue weighted by Crippen LogP contribution is 2.20. The van der Waals surface area contributed by atoms with Crippen molar-refractivity contribution in [3.05, 3.63) is 41.4 Å². The molecule has 2 aromatic rings. The molecular formula is C22H29FN4O4S. The first-order valence-electron chi connectivity index (χ1n) is 10.5. The lowest BCUT2D eigenvalue weighted by atomic mass is 10.0. The van der Waals surface area contributed by atoms with Crippen molar-refractivity contribution in [2.75, 3.05) is 31.3 Å². The fraction of sp³-hybridized carbons (Fsp3) is 0.500. The van der Waals surface area contributed by atoms with Gasteiger partial charge in [-0.2, -0.15) is 0 Å². The molecule has 2 heterocycles. The highest BCUT2D eigenvalue weighted by atomic mass is 32.2. The van der Waals surface area contributed by atoms with Crippen LogP contribution in [0.3, 0.4) is 0 Å². The van der Waals surface area contributed by atoms with Crippen LogP contribution in [0.4, 0.5) is 10.2 Å². The molecule has 2 amide bonds. The van der Waals surface area contributed by atoms with E-state index in [0.717, 1.165) is 31.5 Å². The predicted molar refractivity (Wildman–Crippen MR) is 121 cm³/mol. The molecule has 10 heteroatoms. The number of benzene rings is 1. The summed E-state index contributed by atoms with van der Waals surface area (Å²) in [5, 5.41) is 9.06. The Morgan fingerprint density at radius 2 is 2.09 bits per heavy atom. The molecule has 3 rings (SSSR count). The zero-order valence-electron chi connectivity index (χ0n) is 18.5. The van der Waals surface area contributed by atoms with Crippen molar-refractivity contribution in [1.82, 2.24) is 15.4 Å². The smallest absolute Gasteiger partial charge is 0.238 e. The van der Waals surface area contributed by atoms with Gasteiger partial charge in [0.1, 0.15) is 5.76 Å². The number of aromatic nitrogens is 1. The number of ether oxygens (including phenoxy) is 1. The van der Waals surface area contributed by atoms with Crippen molar-refractivity contribution in [3.63, 3.8) is 0 Å². The summed E-state index contributed by atoms with van der Waals surface area (Å²) >= 11 is 1.28. The number of likely N-dealkylation sites (tertiary alicyclic amines) is 1. The number of amides is 2. The number of anilines is 1. The first-order chi connectivity index (χ1) is 15.3. The van der Waals surface area contributed by atoms with Crippen LogP contribution in [0.2, 0.25) is 0 Å². The number of rotatable bonds is 9. The van der Waals surface area contributed by atoms with Gasteiger partial charge in [-0.05, 0) is 44.4 Å². The monoisotopic (exact) mass is 464 g/mol. The van der Waals surface area contributed by atoms with Crippen molar-refractivity contribution in [2.24, 2.45) is 0 Å². The number of methoxy groups -OCH3 is 1. The van der Waals surface area contributed by atoms with Crippen molar-refractivity contribution in [1.29, 1.82) is 0 Å². The summed E-state index contributed by atoms with van der Waals surface area (Å²) < 4.78 is 23.8. The van der Waals surface area contributed by atoms with Crippen LogP contribution in [0, 0.1) is 12.7 Å². The highest BCUT2D eigenvalue weighted by Gasteiger charge is 2.22. The van der Waals surface area contributed by atoms with Crippen LogP contribution >= 0.6 is 11.8 Å². The lowest BCUT2D eigenvalue weighted by Gasteiger charge is -2.32. The SMILES string of the molecule is COc1ccc(CN2CCC(NC(=O)CSC(C)C(=O)Nc3cc(C)on3)CC2)cc1F. The van der Waals surface area contributed by atoms with E-state index >= 15 is 0 Å². The third-order valence-corrected chi connectivity index (χ3v) is 6.43. The predicted octanol–water partition coefficient (Wildman–Crippen LogP) is 2.97. The Labute approximate surface area is 191 Å². The number of hydrogen-bond donors (Lipinski definition) is 2. The van der Waals surface area contributed by atoms with Gasteiger partial charge < -0.3 is 19.9 Å². The summed E-state index contributed by atoms with van der Waals surface area (Å²) in [7, 11) is 1.45. The van der Waals surface area contributed by atoms with E-state index < -0.39 is 5.25 Å². The molecule has 0 spiro atoms. The lowest BCUT2D eigenvalue weighted by Crippen LogP contribution is -2.45. The summed E-state index contributed by atoms with van der Waals surface area (Å²) in [5.74, 6) is 0.770. The van der Waals surface area contributed by atoms with Gasteiger partial charge in [0, 0.05) is 31.7 Å². The number of piperidine rings is 1. The number of aryl methyl sites for hydroxylation is 1. The number of thioether (sulfide) groups is 1. The van der Waals surface area contributed by atoms with Gasteiger partial charge >= 0.3 is 0 Å². The fourth-order valence-electron chi connectivity index (χ4n) is 3.50. The Kier molecular flexibility index (Phi) is 8.52. The molecule has 0 aliphatic carbocycles. The summed E-state index contributed by atoms with van der Waals surface area (Å²) in [6, 6.07) is 6.76. The van der Waals surface area contributed by atoms with E-state index in [1.807, 2.05) is 6.07 Å². The van der Waals surface area contributed by atoms with Crippen LogP contribution in [-0.4, -0.2) is 59.1 Å². The average Bonchev–Trinajstić information content (AvgIpc) is 3.18. The van der Waals surface area contributed by atoms with Crippen LogP contribution in [-0.2, 0) is 16.1 Å². The van der Waals surface area contributed by atoms with E-state index in [9.17, 15) is 14.0 Å². The molecule has 0 saturated carbocycles. The van der Waals surface area contributed by atoms with Crippen molar-refractivity contribution < 1.29 is 23.2 Å². The van der Waals surface area contributed by atoms with E-state index in [2.05, 4.69) is 20.7 Å². The standard InChI is InChI=1S/C22H29FN4O4S/c1-14-10-20(26-31-14)25-22(29)15(2)32-13-21(28)24-17-6-8-27(9-7-17)12-16-4-5-19(30-3)18(23)11-16/h4-5,10-11,15,17H,6-9,12-13H2,1-3H3,(H,24,28)(H,25,26,29). The van der Waals surface area contributed by atoms with Gasteiger partial charge in [0.25, 0.3) is 0 Å². The van der Waals surface area contributed by atoms with Crippen molar-refractivity contribution in [3.8, 4) is 5.75 Å². The molecule has 2 N–H and O–H groups in total. The fourth-order valence-corrected chi connectivity index (χ4v) is 4.20. The second-order valence-corrected chi connectivity index (χ2v) is 9.18. The molecule has 1 aliphatic heterocycles. The third kappa shape index (κ3) is 6.96. The Hall–Kier alpha value is -2.59. The van der Waals surface area contributed by atoms with Crippen LogP contribution in [0.5, 0.6) is 5.75 Å². The minimum Gasteiger partial charge on any atom is -0.494 e. The number of nitrogens with zero attached hydrogens (tertiary/aromatic N) is 2. The molecule has 8 nitrogen and oxygen atoms in total. The van der Waals surface area contributed by atoms with Gasteiger partial charge in [0.05, 0.1) is 18.1 Å². The molecule has 1 fully saturated rings. The van der Waals surface area contributed by atoms with Crippen molar-refractivity contribution >= 4 is 29.4 Å². The molecule has 32 heavy (non-hydrogen) atoms. The average molecular weight is 465 g/mol. The summed E-state index contributed by atoms with van der Waals surface area (Å²) in [6.07, 6.45) is 1.66. The molecule has 0 bridgehead atoms.